The minimum Gasteiger partial charge on any atom is -0.393 e. The smallest absolute Gasteiger partial charge is 0.292 e. The van der Waals surface area contributed by atoms with Crippen LogP contribution in [-0.2, 0) is 11.3 Å². The van der Waals surface area contributed by atoms with Gasteiger partial charge in [-0.3, -0.25) is 15.0 Å². The van der Waals surface area contributed by atoms with Crippen molar-refractivity contribution in [3.8, 4) is 0 Å². The third-order valence-electron chi connectivity index (χ3n) is 3.19. The van der Waals surface area contributed by atoms with E-state index in [9.17, 15) is 10.1 Å². The number of morpholine rings is 1. The molecule has 104 valence electrons. The zero-order chi connectivity index (χ0) is 14.0. The highest BCUT2D eigenvalue weighted by Gasteiger charge is 2.22. The first-order chi connectivity index (χ1) is 8.95. The van der Waals surface area contributed by atoms with Gasteiger partial charge in [-0.1, -0.05) is 6.07 Å². The lowest BCUT2D eigenvalue weighted by molar-refractivity contribution is -0.384. The highest BCUT2D eigenvalue weighted by Crippen LogP contribution is 2.23. The van der Waals surface area contributed by atoms with Crippen LogP contribution in [0.15, 0.2) is 18.2 Å². The number of hydrogen-bond donors (Lipinski definition) is 1. The molecule has 0 bridgehead atoms. The Morgan fingerprint density at radius 1 is 1.42 bits per heavy atom. The van der Waals surface area contributed by atoms with Crippen LogP contribution in [0.2, 0.25) is 0 Å². The number of nitrogens with zero attached hydrogens (tertiary/aromatic N) is 2. The zero-order valence-corrected chi connectivity index (χ0v) is 11.2. The van der Waals surface area contributed by atoms with E-state index < -0.39 is 4.92 Å². The average molecular weight is 265 g/mol. The lowest BCUT2D eigenvalue weighted by atomic mass is 10.1. The van der Waals surface area contributed by atoms with Gasteiger partial charge in [0.05, 0.1) is 17.1 Å². The van der Waals surface area contributed by atoms with Gasteiger partial charge in [0.2, 0.25) is 0 Å². The SMILES string of the molecule is CC1CN(Cc2ccc(N)c([N+](=O)[O-])c2)CC(C)O1. The third kappa shape index (κ3) is 3.42. The maximum absolute atomic E-state index is 10.9. The number of hydrogen-bond acceptors (Lipinski definition) is 5. The first-order valence-electron chi connectivity index (χ1n) is 6.36. The van der Waals surface area contributed by atoms with Gasteiger partial charge in [0.1, 0.15) is 5.69 Å². The van der Waals surface area contributed by atoms with Crippen LogP contribution in [0.1, 0.15) is 19.4 Å². The molecule has 6 nitrogen and oxygen atoms in total. The molecule has 2 atom stereocenters. The van der Waals surface area contributed by atoms with Crippen LogP contribution in [0.25, 0.3) is 0 Å². The van der Waals surface area contributed by atoms with Crippen LogP contribution in [-0.4, -0.2) is 35.1 Å². The van der Waals surface area contributed by atoms with E-state index in [1.165, 1.54) is 0 Å². The van der Waals surface area contributed by atoms with Crippen LogP contribution in [0.4, 0.5) is 11.4 Å². The molecule has 6 heteroatoms. The minimum atomic E-state index is -0.441. The summed E-state index contributed by atoms with van der Waals surface area (Å²) in [5.74, 6) is 0. The van der Waals surface area contributed by atoms with E-state index in [0.29, 0.717) is 6.54 Å². The first-order valence-corrected chi connectivity index (χ1v) is 6.36. The molecule has 1 aromatic rings. The number of nitro groups is 1. The van der Waals surface area contributed by atoms with Crippen LogP contribution >= 0.6 is 0 Å². The highest BCUT2D eigenvalue weighted by molar-refractivity contribution is 5.59. The molecule has 1 fully saturated rings. The van der Waals surface area contributed by atoms with Gasteiger partial charge >= 0.3 is 0 Å². The van der Waals surface area contributed by atoms with Gasteiger partial charge in [0.25, 0.3) is 5.69 Å². The van der Waals surface area contributed by atoms with Crippen LogP contribution < -0.4 is 5.73 Å². The molecule has 0 amide bonds. The van der Waals surface area contributed by atoms with E-state index in [4.69, 9.17) is 10.5 Å². The Labute approximate surface area is 112 Å². The Kier molecular flexibility index (Phi) is 4.01. The predicted octanol–water partition coefficient (Wildman–Crippen LogP) is 1.79. The van der Waals surface area contributed by atoms with E-state index in [0.717, 1.165) is 18.7 Å². The van der Waals surface area contributed by atoms with Crippen molar-refractivity contribution in [2.75, 3.05) is 18.8 Å². The molecule has 2 N–H and O–H groups in total. The summed E-state index contributed by atoms with van der Waals surface area (Å²) in [7, 11) is 0. The molecule has 2 rings (SSSR count). The number of nitrogens with two attached hydrogens (primary N) is 1. The second-order valence-electron chi connectivity index (χ2n) is 5.10. The number of benzene rings is 1. The lowest BCUT2D eigenvalue weighted by Gasteiger charge is -2.35. The van der Waals surface area contributed by atoms with Crippen molar-refractivity contribution in [3.05, 3.63) is 33.9 Å². The normalized spacial score (nSPS) is 24.3. The van der Waals surface area contributed by atoms with Crippen molar-refractivity contribution < 1.29 is 9.66 Å². The molecule has 1 saturated heterocycles. The summed E-state index contributed by atoms with van der Waals surface area (Å²) in [6, 6.07) is 4.99. The van der Waals surface area contributed by atoms with E-state index >= 15 is 0 Å². The summed E-state index contributed by atoms with van der Waals surface area (Å²) in [4.78, 5) is 12.7. The number of ether oxygens (including phenoxy) is 1. The van der Waals surface area contributed by atoms with Gasteiger partial charge < -0.3 is 10.5 Å². The molecule has 1 heterocycles. The van der Waals surface area contributed by atoms with Gasteiger partial charge in [0.15, 0.2) is 0 Å². The topological polar surface area (TPSA) is 81.6 Å². The molecular formula is C13H19N3O3. The number of nitro benzene ring substituents is 1. The molecule has 1 aliphatic heterocycles. The van der Waals surface area contributed by atoms with Crippen LogP contribution in [0, 0.1) is 10.1 Å². The van der Waals surface area contributed by atoms with E-state index in [2.05, 4.69) is 4.90 Å². The molecule has 0 aromatic heterocycles. The summed E-state index contributed by atoms with van der Waals surface area (Å²) in [5, 5.41) is 10.9. The summed E-state index contributed by atoms with van der Waals surface area (Å²) < 4.78 is 5.67. The van der Waals surface area contributed by atoms with Crippen molar-refractivity contribution in [2.45, 2.75) is 32.6 Å². The Morgan fingerprint density at radius 3 is 2.63 bits per heavy atom. The number of rotatable bonds is 3. The minimum absolute atomic E-state index is 0.0214. The third-order valence-corrected chi connectivity index (χ3v) is 3.19. The standard InChI is InChI=1S/C13H19N3O3/c1-9-6-15(7-10(2)19-9)8-11-3-4-12(14)13(5-11)16(17)18/h3-5,9-10H,6-8,14H2,1-2H3. The Morgan fingerprint density at radius 2 is 2.05 bits per heavy atom. The fourth-order valence-electron chi connectivity index (χ4n) is 2.52. The Hall–Kier alpha value is -1.66. The van der Waals surface area contributed by atoms with Crippen molar-refractivity contribution in [2.24, 2.45) is 0 Å². The summed E-state index contributed by atoms with van der Waals surface area (Å²) >= 11 is 0. The van der Waals surface area contributed by atoms with Crippen molar-refractivity contribution in [1.82, 2.24) is 4.90 Å². The second-order valence-corrected chi connectivity index (χ2v) is 5.10. The molecule has 0 saturated carbocycles. The highest BCUT2D eigenvalue weighted by atomic mass is 16.6. The molecule has 1 aliphatic rings. The van der Waals surface area contributed by atoms with Gasteiger partial charge in [0, 0.05) is 25.7 Å². The van der Waals surface area contributed by atoms with Crippen molar-refractivity contribution in [1.29, 1.82) is 0 Å². The summed E-state index contributed by atoms with van der Waals surface area (Å²) in [6.07, 6.45) is 0.375. The predicted molar refractivity (Wildman–Crippen MR) is 72.8 cm³/mol. The lowest BCUT2D eigenvalue weighted by Crippen LogP contribution is -2.44. The first kappa shape index (κ1) is 13.8. The van der Waals surface area contributed by atoms with Gasteiger partial charge in [-0.2, -0.15) is 0 Å². The molecular weight excluding hydrogens is 246 g/mol. The molecule has 0 aliphatic carbocycles. The Bertz CT molecular complexity index is 468. The monoisotopic (exact) mass is 265 g/mol. The van der Waals surface area contributed by atoms with Gasteiger partial charge in [-0.25, -0.2) is 0 Å². The van der Waals surface area contributed by atoms with Gasteiger partial charge in [-0.15, -0.1) is 0 Å². The number of anilines is 1. The summed E-state index contributed by atoms with van der Waals surface area (Å²) in [6.45, 7) is 6.42. The molecule has 2 unspecified atom stereocenters. The Balaban J connectivity index is 2.10. The van der Waals surface area contributed by atoms with E-state index in [1.54, 1.807) is 12.1 Å². The molecule has 0 radical (unpaired) electrons. The second kappa shape index (κ2) is 5.54. The van der Waals surface area contributed by atoms with Crippen molar-refractivity contribution >= 4 is 11.4 Å². The fourth-order valence-corrected chi connectivity index (χ4v) is 2.52. The van der Waals surface area contributed by atoms with Crippen LogP contribution in [0.3, 0.4) is 0 Å². The molecule has 0 spiro atoms. The average Bonchev–Trinajstić information content (AvgIpc) is 2.30. The molecule has 19 heavy (non-hydrogen) atoms. The molecule has 1 aromatic carbocycles. The van der Waals surface area contributed by atoms with Crippen LogP contribution in [0.5, 0.6) is 0 Å². The van der Waals surface area contributed by atoms with Gasteiger partial charge in [-0.05, 0) is 25.5 Å². The van der Waals surface area contributed by atoms with E-state index in [1.807, 2.05) is 19.9 Å². The van der Waals surface area contributed by atoms with Crippen molar-refractivity contribution in [3.63, 3.8) is 0 Å². The maximum atomic E-state index is 10.9. The largest absolute Gasteiger partial charge is 0.393 e. The zero-order valence-electron chi connectivity index (χ0n) is 11.2. The maximum Gasteiger partial charge on any atom is 0.292 e. The number of nitrogen functional groups attached to an aromatic ring is 1. The summed E-state index contributed by atoms with van der Waals surface area (Å²) in [5.41, 5.74) is 6.68. The van der Waals surface area contributed by atoms with E-state index in [-0.39, 0.29) is 23.6 Å². The fraction of sp³-hybridized carbons (Fsp3) is 0.538. The quantitative estimate of drug-likeness (QED) is 0.512.